The molecule has 8 aromatic rings. The Labute approximate surface area is 292 Å². The molecule has 6 aromatic carbocycles. The molecule has 52 heavy (non-hydrogen) atoms. The lowest BCUT2D eigenvalue weighted by atomic mass is 9.96. The Morgan fingerprint density at radius 3 is 1.02 bits per heavy atom. The summed E-state index contributed by atoms with van der Waals surface area (Å²) < 4.78 is 83.1. The van der Waals surface area contributed by atoms with Crippen LogP contribution < -0.4 is 22.1 Å². The fourth-order valence-corrected chi connectivity index (χ4v) is 6.32. The highest BCUT2D eigenvalue weighted by Gasteiger charge is 2.21. The average molecular weight is 707 g/mol. The van der Waals surface area contributed by atoms with E-state index in [1.807, 2.05) is 97.1 Å². The van der Waals surface area contributed by atoms with Gasteiger partial charge in [0.05, 0.1) is 0 Å². The molecule has 0 aliphatic heterocycles. The van der Waals surface area contributed by atoms with Gasteiger partial charge in [0.2, 0.25) is 11.6 Å². The summed E-state index contributed by atoms with van der Waals surface area (Å²) in [5, 5.41) is 13.1. The summed E-state index contributed by atoms with van der Waals surface area (Å²) in [6, 6.07) is 35.0. The van der Waals surface area contributed by atoms with E-state index in [0.717, 1.165) is 54.2 Å². The number of nitrogens with zero attached hydrogens (tertiary/aromatic N) is 2. The second-order valence-electron chi connectivity index (χ2n) is 11.9. The van der Waals surface area contributed by atoms with E-state index in [4.69, 9.17) is 11.5 Å². The molecule has 0 unspecified atom stereocenters. The van der Waals surface area contributed by atoms with E-state index in [1.54, 1.807) is 0 Å². The number of benzene rings is 6. The van der Waals surface area contributed by atoms with Gasteiger partial charge in [-0.05, 0) is 66.3 Å². The Hall–Kier alpha value is -6.56. The van der Waals surface area contributed by atoms with Gasteiger partial charge in [-0.2, -0.15) is 27.5 Å². The van der Waals surface area contributed by atoms with Crippen molar-refractivity contribution in [3.05, 3.63) is 155 Å². The summed E-state index contributed by atoms with van der Waals surface area (Å²) >= 11 is 0. The Morgan fingerprint density at radius 1 is 0.423 bits per heavy atom. The van der Waals surface area contributed by atoms with Crippen LogP contribution >= 0.6 is 0 Å². The highest BCUT2D eigenvalue weighted by Crippen LogP contribution is 2.33. The molecule has 0 amide bonds. The second-order valence-corrected chi connectivity index (χ2v) is 11.9. The maximum Gasteiger partial charge on any atom is 0.253 e. The van der Waals surface area contributed by atoms with E-state index in [9.17, 15) is 26.3 Å². The van der Waals surface area contributed by atoms with Crippen LogP contribution in [0, 0.1) is 35.2 Å². The highest BCUT2D eigenvalue weighted by atomic mass is 19.2. The highest BCUT2D eigenvalue weighted by molar-refractivity contribution is 6.03. The van der Waals surface area contributed by atoms with Gasteiger partial charge < -0.3 is 22.1 Å². The van der Waals surface area contributed by atoms with Crippen LogP contribution in [0.3, 0.4) is 0 Å². The molecule has 12 heteroatoms. The summed E-state index contributed by atoms with van der Waals surface area (Å²) in [6.07, 6.45) is 0. The minimum Gasteiger partial charge on any atom is -0.381 e. The van der Waals surface area contributed by atoms with Gasteiger partial charge >= 0.3 is 0 Å². The number of nitrogens with one attached hydrogen (secondary N) is 2. The average Bonchev–Trinajstić information content (AvgIpc) is 3.15. The molecule has 8 rings (SSSR count). The molecule has 0 fully saturated rings. The summed E-state index contributed by atoms with van der Waals surface area (Å²) in [5.74, 6) is -9.23. The molecule has 6 N–H and O–H groups in total. The second kappa shape index (κ2) is 14.0. The number of aromatic nitrogens is 2. The van der Waals surface area contributed by atoms with Crippen LogP contribution in [0.15, 0.2) is 109 Å². The molecule has 6 nitrogen and oxygen atoms in total. The number of halogens is 6. The van der Waals surface area contributed by atoms with Crippen molar-refractivity contribution in [1.82, 2.24) is 9.97 Å². The molecule has 260 valence electrons. The third-order valence-corrected chi connectivity index (χ3v) is 8.78. The topological polar surface area (TPSA) is 102 Å². The molecular formula is C40H28F6N6. The first kappa shape index (κ1) is 33.9. The molecule has 0 aliphatic carbocycles. The number of pyridine rings is 2. The van der Waals surface area contributed by atoms with Crippen molar-refractivity contribution in [3.8, 4) is 0 Å². The normalized spacial score (nSPS) is 11.2. The predicted molar refractivity (Wildman–Crippen MR) is 195 cm³/mol. The van der Waals surface area contributed by atoms with Gasteiger partial charge in [0, 0.05) is 13.1 Å². The van der Waals surface area contributed by atoms with Crippen LogP contribution in [-0.2, 0) is 13.1 Å². The molecule has 0 radical (unpaired) electrons. The lowest BCUT2D eigenvalue weighted by Gasteiger charge is -2.14. The monoisotopic (exact) mass is 706 g/mol. The summed E-state index contributed by atoms with van der Waals surface area (Å²) in [6.45, 7) is 0.192. The Kier molecular flexibility index (Phi) is 9.12. The third-order valence-electron chi connectivity index (χ3n) is 8.78. The molecule has 2 heterocycles. The first-order valence-electron chi connectivity index (χ1n) is 16.0. The zero-order chi connectivity index (χ0) is 36.5. The van der Waals surface area contributed by atoms with Crippen molar-refractivity contribution in [2.75, 3.05) is 22.1 Å². The maximum atomic E-state index is 14.1. The number of hydrogen-bond donors (Lipinski definition) is 4. The quantitative estimate of drug-likeness (QED) is 0.0780. The van der Waals surface area contributed by atoms with E-state index < -0.39 is 58.2 Å². The summed E-state index contributed by atoms with van der Waals surface area (Å²) in [5.41, 5.74) is 11.1. The Morgan fingerprint density at radius 2 is 0.712 bits per heavy atom. The smallest absolute Gasteiger partial charge is 0.253 e. The van der Waals surface area contributed by atoms with E-state index in [0.29, 0.717) is 0 Å². The van der Waals surface area contributed by atoms with Gasteiger partial charge in [-0.3, -0.25) is 0 Å². The van der Waals surface area contributed by atoms with Crippen LogP contribution in [0.4, 0.5) is 49.4 Å². The number of fused-ring (bicyclic) bond motifs is 4. The zero-order valence-electron chi connectivity index (χ0n) is 27.1. The van der Waals surface area contributed by atoms with Gasteiger partial charge in [-0.25, -0.2) is 8.78 Å². The lowest BCUT2D eigenvalue weighted by molar-refractivity contribution is 0.470. The first-order valence-corrected chi connectivity index (χ1v) is 16.0. The van der Waals surface area contributed by atoms with Gasteiger partial charge in [-0.15, -0.1) is 0 Å². The van der Waals surface area contributed by atoms with E-state index >= 15 is 0 Å². The maximum absolute atomic E-state index is 14.1. The van der Waals surface area contributed by atoms with Crippen LogP contribution in [-0.4, -0.2) is 9.97 Å². The summed E-state index contributed by atoms with van der Waals surface area (Å²) in [7, 11) is 0. The number of nitrogens with two attached hydrogens (primary N) is 2. The lowest BCUT2D eigenvalue weighted by Crippen LogP contribution is -2.10. The van der Waals surface area contributed by atoms with Crippen LogP contribution in [0.1, 0.15) is 11.1 Å². The standard InChI is InChI=1S/2C20H14F3N3/c2*21-16-18(17(22)20(24)26-19(16)23)25-10-15-13-7-3-1-5-11(13)9-12-6-2-4-8-14(12)15/h2*1-9H,10H2,(H3,24,25,26). The van der Waals surface area contributed by atoms with Gasteiger partial charge in [-0.1, -0.05) is 97.1 Å². The van der Waals surface area contributed by atoms with Gasteiger partial charge in [0.25, 0.3) is 11.9 Å². The first-order chi connectivity index (χ1) is 25.1. The Balaban J connectivity index is 0.000000162. The predicted octanol–water partition coefficient (Wildman–Crippen LogP) is 10.00. The molecule has 2 aromatic heterocycles. The van der Waals surface area contributed by atoms with Crippen LogP contribution in [0.5, 0.6) is 0 Å². The third kappa shape index (κ3) is 6.30. The molecule has 0 atom stereocenters. The molecule has 0 saturated heterocycles. The number of nitrogen functional groups attached to an aromatic ring is 2. The zero-order valence-corrected chi connectivity index (χ0v) is 27.1. The fraction of sp³-hybridized carbons (Fsp3) is 0.0500. The van der Waals surface area contributed by atoms with Crippen molar-refractivity contribution >= 4 is 66.1 Å². The number of hydrogen-bond acceptors (Lipinski definition) is 6. The number of rotatable bonds is 6. The van der Waals surface area contributed by atoms with Crippen molar-refractivity contribution in [2.24, 2.45) is 0 Å². The number of anilines is 4. The van der Waals surface area contributed by atoms with Crippen molar-refractivity contribution in [2.45, 2.75) is 13.1 Å². The van der Waals surface area contributed by atoms with Crippen molar-refractivity contribution in [3.63, 3.8) is 0 Å². The van der Waals surface area contributed by atoms with E-state index in [-0.39, 0.29) is 13.1 Å². The molecule has 0 aliphatic rings. The van der Waals surface area contributed by atoms with Crippen LogP contribution in [0.25, 0.3) is 43.1 Å². The van der Waals surface area contributed by atoms with Gasteiger partial charge in [0.15, 0.2) is 23.3 Å². The SMILES string of the molecule is Nc1nc(F)c(F)c(NCc2c3ccccc3cc3ccccc23)c1F.Nc1nc(F)c(F)c(NCc2c3ccccc3cc3ccccc23)c1F. The van der Waals surface area contributed by atoms with Crippen molar-refractivity contribution < 1.29 is 26.3 Å². The fourth-order valence-electron chi connectivity index (χ4n) is 6.32. The van der Waals surface area contributed by atoms with E-state index in [2.05, 4.69) is 32.7 Å². The summed E-state index contributed by atoms with van der Waals surface area (Å²) in [4.78, 5) is 6.02. The molecule has 0 spiro atoms. The Bertz CT molecular complexity index is 2310. The van der Waals surface area contributed by atoms with Gasteiger partial charge in [0.1, 0.15) is 11.4 Å². The molecule has 0 bridgehead atoms. The van der Waals surface area contributed by atoms with Crippen molar-refractivity contribution in [1.29, 1.82) is 0 Å². The van der Waals surface area contributed by atoms with E-state index in [1.165, 1.54) is 0 Å². The largest absolute Gasteiger partial charge is 0.381 e. The minimum atomic E-state index is -1.44. The molecule has 0 saturated carbocycles. The minimum absolute atomic E-state index is 0.0958. The van der Waals surface area contributed by atoms with Crippen LogP contribution in [0.2, 0.25) is 0 Å². The molecular weight excluding hydrogens is 678 g/mol.